The van der Waals surface area contributed by atoms with Gasteiger partial charge in [0.2, 0.25) is 15.9 Å². The van der Waals surface area contributed by atoms with Gasteiger partial charge in [-0.1, -0.05) is 28.6 Å². The Kier molecular flexibility index (Phi) is 4.72. The maximum atomic E-state index is 12.6. The van der Waals surface area contributed by atoms with Crippen LogP contribution in [0.4, 0.5) is 5.13 Å². The van der Waals surface area contributed by atoms with Crippen LogP contribution in [0.3, 0.4) is 0 Å². The van der Waals surface area contributed by atoms with Gasteiger partial charge in [-0.25, -0.2) is 13.4 Å². The highest BCUT2D eigenvalue weighted by Gasteiger charge is 2.33. The number of aryl methyl sites for hydroxylation is 2. The summed E-state index contributed by atoms with van der Waals surface area (Å²) in [6.07, 6.45) is 0. The predicted molar refractivity (Wildman–Crippen MR) is 108 cm³/mol. The van der Waals surface area contributed by atoms with Crippen molar-refractivity contribution in [3.63, 3.8) is 0 Å². The van der Waals surface area contributed by atoms with Gasteiger partial charge in [-0.3, -0.25) is 9.69 Å². The van der Waals surface area contributed by atoms with Gasteiger partial charge in [-0.15, -0.1) is 0 Å². The number of carbonyl (C=O) groups excluding carboxylic acids is 1. The number of nitrogens with zero attached hydrogens (tertiary/aromatic N) is 4. The second kappa shape index (κ2) is 6.94. The molecule has 8 nitrogen and oxygen atoms in total. The van der Waals surface area contributed by atoms with Crippen LogP contribution in [-0.4, -0.2) is 54.2 Å². The van der Waals surface area contributed by atoms with Gasteiger partial charge < -0.3 is 4.52 Å². The van der Waals surface area contributed by atoms with E-state index in [1.54, 1.807) is 11.8 Å². The number of hydrogen-bond donors (Lipinski definition) is 0. The Morgan fingerprint density at radius 2 is 2.04 bits per heavy atom. The van der Waals surface area contributed by atoms with Crippen molar-refractivity contribution in [2.75, 3.05) is 30.3 Å². The second-order valence-electron chi connectivity index (χ2n) is 6.63. The Balaban J connectivity index is 1.70. The fourth-order valence-electron chi connectivity index (χ4n) is 3.39. The van der Waals surface area contributed by atoms with E-state index in [9.17, 15) is 13.2 Å². The first-order valence-corrected chi connectivity index (χ1v) is 11.4. The Bertz CT molecular complexity index is 1150. The third-order valence-electron chi connectivity index (χ3n) is 4.88. The lowest BCUT2D eigenvalue weighted by molar-refractivity contribution is -0.119. The molecule has 10 heteroatoms. The zero-order valence-corrected chi connectivity index (χ0v) is 17.4. The molecule has 148 valence electrons. The number of aromatic nitrogens is 2. The summed E-state index contributed by atoms with van der Waals surface area (Å²) in [4.78, 5) is 18.8. The van der Waals surface area contributed by atoms with Crippen LogP contribution in [0.25, 0.3) is 21.3 Å². The average Bonchev–Trinajstić information content (AvgIpc) is 3.24. The summed E-state index contributed by atoms with van der Waals surface area (Å²) in [6, 6.07) is 5.81. The minimum absolute atomic E-state index is 0.0117. The first-order valence-electron chi connectivity index (χ1n) is 8.93. The number of sulfonamides is 1. The lowest BCUT2D eigenvalue weighted by atomic mass is 10.0. The topological polar surface area (TPSA) is 96.6 Å². The molecule has 0 spiro atoms. The number of anilines is 1. The van der Waals surface area contributed by atoms with Gasteiger partial charge >= 0.3 is 0 Å². The van der Waals surface area contributed by atoms with Crippen LogP contribution in [0.1, 0.15) is 18.4 Å². The molecule has 28 heavy (non-hydrogen) atoms. The van der Waals surface area contributed by atoms with Crippen LogP contribution in [0.5, 0.6) is 0 Å². The van der Waals surface area contributed by atoms with Crippen molar-refractivity contribution < 1.29 is 17.7 Å². The number of amides is 1. The highest BCUT2D eigenvalue weighted by molar-refractivity contribution is 7.89. The molecule has 0 atom stereocenters. The predicted octanol–water partition coefficient (Wildman–Crippen LogP) is 2.57. The van der Waals surface area contributed by atoms with E-state index in [0.29, 0.717) is 11.7 Å². The zero-order chi connectivity index (χ0) is 20.1. The van der Waals surface area contributed by atoms with Crippen LogP contribution in [0.15, 0.2) is 22.7 Å². The third-order valence-corrected chi connectivity index (χ3v) is 7.84. The van der Waals surface area contributed by atoms with Gasteiger partial charge in [0, 0.05) is 24.2 Å². The lowest BCUT2D eigenvalue weighted by Gasteiger charge is -2.31. The molecular formula is C18H20N4O4S2. The van der Waals surface area contributed by atoms with Crippen LogP contribution in [0.2, 0.25) is 0 Å². The van der Waals surface area contributed by atoms with Crippen molar-refractivity contribution in [2.45, 2.75) is 20.8 Å². The minimum atomic E-state index is -3.38. The van der Waals surface area contributed by atoms with Gasteiger partial charge in [0.1, 0.15) is 5.76 Å². The molecule has 1 fully saturated rings. The molecule has 1 aromatic carbocycles. The number of benzene rings is 1. The Morgan fingerprint density at radius 3 is 2.68 bits per heavy atom. The van der Waals surface area contributed by atoms with Gasteiger partial charge in [0.15, 0.2) is 5.13 Å². The standard InChI is InChI=1S/C18H20N4O4S2/c1-4-28(24,25)21-8-9-22(15(23)10-21)18-19-14-7-5-6-13(17(14)27-18)16-11(2)20-26-12(16)3/h5-7H,4,8-10H2,1-3H3. The van der Waals surface area contributed by atoms with E-state index < -0.39 is 10.0 Å². The van der Waals surface area contributed by atoms with Crippen LogP contribution in [-0.2, 0) is 14.8 Å². The Labute approximate surface area is 166 Å². The van der Waals surface area contributed by atoms with Crippen molar-refractivity contribution in [1.29, 1.82) is 0 Å². The summed E-state index contributed by atoms with van der Waals surface area (Å²) < 4.78 is 31.6. The van der Waals surface area contributed by atoms with Crippen LogP contribution >= 0.6 is 11.3 Å². The molecule has 0 radical (unpaired) electrons. The lowest BCUT2D eigenvalue weighted by Crippen LogP contribution is -2.52. The summed E-state index contributed by atoms with van der Waals surface area (Å²) in [6.45, 7) is 5.75. The molecule has 1 saturated heterocycles. The maximum absolute atomic E-state index is 12.6. The van der Waals surface area contributed by atoms with Crippen molar-refractivity contribution in [1.82, 2.24) is 14.4 Å². The number of piperazine rings is 1. The van der Waals surface area contributed by atoms with E-state index in [-0.39, 0.29) is 24.7 Å². The summed E-state index contributed by atoms with van der Waals surface area (Å²) in [5.41, 5.74) is 3.49. The molecule has 2 aromatic heterocycles. The van der Waals surface area contributed by atoms with Crippen LogP contribution in [0, 0.1) is 13.8 Å². The molecule has 0 unspecified atom stereocenters. The van der Waals surface area contributed by atoms with Crippen molar-refractivity contribution >= 4 is 42.6 Å². The van der Waals surface area contributed by atoms with E-state index in [0.717, 1.165) is 32.8 Å². The van der Waals surface area contributed by atoms with E-state index in [1.807, 2.05) is 32.0 Å². The molecule has 1 aliphatic rings. The molecule has 0 N–H and O–H groups in total. The van der Waals surface area contributed by atoms with E-state index in [4.69, 9.17) is 4.52 Å². The average molecular weight is 421 g/mol. The summed E-state index contributed by atoms with van der Waals surface area (Å²) in [5, 5.41) is 4.61. The van der Waals surface area contributed by atoms with Gasteiger partial charge in [-0.2, -0.15) is 4.31 Å². The molecule has 0 bridgehead atoms. The summed E-state index contributed by atoms with van der Waals surface area (Å²) in [5.74, 6) is 0.456. The van der Waals surface area contributed by atoms with E-state index in [2.05, 4.69) is 10.1 Å². The van der Waals surface area contributed by atoms with E-state index in [1.165, 1.54) is 15.6 Å². The molecular weight excluding hydrogens is 400 g/mol. The first-order chi connectivity index (χ1) is 13.3. The van der Waals surface area contributed by atoms with Crippen molar-refractivity contribution in [3.8, 4) is 11.1 Å². The fourth-order valence-corrected chi connectivity index (χ4v) is 5.55. The molecule has 1 aliphatic heterocycles. The number of fused-ring (bicyclic) bond motifs is 1. The first kappa shape index (κ1) is 19.0. The molecule has 4 rings (SSSR count). The van der Waals surface area contributed by atoms with Gasteiger partial charge in [0.05, 0.1) is 28.2 Å². The van der Waals surface area contributed by atoms with E-state index >= 15 is 0 Å². The molecule has 0 aliphatic carbocycles. The number of rotatable bonds is 4. The third kappa shape index (κ3) is 3.11. The zero-order valence-electron chi connectivity index (χ0n) is 15.8. The highest BCUT2D eigenvalue weighted by atomic mass is 32.2. The Hall–Kier alpha value is -2.30. The largest absolute Gasteiger partial charge is 0.361 e. The monoisotopic (exact) mass is 420 g/mol. The van der Waals surface area contributed by atoms with Crippen molar-refractivity contribution in [2.24, 2.45) is 0 Å². The van der Waals surface area contributed by atoms with Crippen molar-refractivity contribution in [3.05, 3.63) is 29.7 Å². The van der Waals surface area contributed by atoms with Gasteiger partial charge in [-0.05, 0) is 26.8 Å². The fraction of sp³-hybridized carbons (Fsp3) is 0.389. The van der Waals surface area contributed by atoms with Crippen LogP contribution < -0.4 is 4.90 Å². The number of thiazole rings is 1. The maximum Gasteiger partial charge on any atom is 0.244 e. The number of hydrogen-bond acceptors (Lipinski definition) is 7. The minimum Gasteiger partial charge on any atom is -0.361 e. The van der Waals surface area contributed by atoms with Gasteiger partial charge in [0.25, 0.3) is 0 Å². The summed E-state index contributed by atoms with van der Waals surface area (Å²) >= 11 is 1.42. The molecule has 1 amide bonds. The SMILES string of the molecule is CCS(=O)(=O)N1CCN(c2nc3cccc(-c4c(C)noc4C)c3s2)C(=O)C1. The summed E-state index contributed by atoms with van der Waals surface area (Å²) in [7, 11) is -3.38. The molecule has 3 aromatic rings. The quantitative estimate of drug-likeness (QED) is 0.644. The smallest absolute Gasteiger partial charge is 0.244 e. The second-order valence-corrected chi connectivity index (χ2v) is 9.86. The Morgan fingerprint density at radius 1 is 1.25 bits per heavy atom. The molecule has 0 saturated carbocycles. The molecule has 3 heterocycles. The number of carbonyl (C=O) groups is 1. The highest BCUT2D eigenvalue weighted by Crippen LogP contribution is 2.39. The normalized spacial score (nSPS) is 16.2.